The first kappa shape index (κ1) is 5.41. The van der Waals surface area contributed by atoms with E-state index in [-0.39, 0.29) is 21.0 Å². The first-order valence-corrected chi connectivity index (χ1v) is 5.10. The Bertz CT molecular complexity index is 255. The third-order valence-corrected chi connectivity index (χ3v) is 3.16. The zero-order valence-electron chi connectivity index (χ0n) is 4.76. The molecule has 0 saturated heterocycles. The van der Waals surface area contributed by atoms with Crippen molar-refractivity contribution in [2.45, 2.75) is 0 Å². The maximum atomic E-state index is 3.35. The lowest BCUT2D eigenvalue weighted by Gasteiger charge is -1.94. The average Bonchev–Trinajstić information content (AvgIpc) is 2.33. The van der Waals surface area contributed by atoms with Crippen LogP contribution in [-0.2, 0) is 0 Å². The molecule has 0 saturated carbocycles. The Morgan fingerprint density at radius 2 is 2.11 bits per heavy atom. The molecule has 0 fully saturated rings. The predicted octanol–water partition coefficient (Wildman–Crippen LogP) is 2.15. The smallest absolute Gasteiger partial charge is 0.0502 e. The highest BCUT2D eigenvalue weighted by atomic mass is 127. The lowest BCUT2D eigenvalue weighted by molar-refractivity contribution is 1.68. The second kappa shape index (κ2) is 2.10. The van der Waals surface area contributed by atoms with Gasteiger partial charge >= 0.3 is 0 Å². The molecular weight excluding hydrogens is 225 g/mol. The van der Waals surface area contributed by atoms with E-state index in [1.54, 1.807) is 0 Å². The van der Waals surface area contributed by atoms with Gasteiger partial charge in [-0.2, -0.15) is 0 Å². The molecule has 1 aliphatic heterocycles. The van der Waals surface area contributed by atoms with Crippen molar-refractivity contribution in [1.29, 1.82) is 0 Å². The largest absolute Gasteiger partial charge is 0.333 e. The summed E-state index contributed by atoms with van der Waals surface area (Å²) < 4.78 is 5.65. The van der Waals surface area contributed by atoms with Gasteiger partial charge in [-0.3, -0.25) is 0 Å². The number of halogens is 1. The number of para-hydroxylation sites is 1. The van der Waals surface area contributed by atoms with E-state index in [0.29, 0.717) is 0 Å². The van der Waals surface area contributed by atoms with Crippen LogP contribution in [0.3, 0.4) is 0 Å². The minimum atomic E-state index is 0.137. The van der Waals surface area contributed by atoms with Gasteiger partial charge in [0, 0.05) is 5.56 Å². The zero-order chi connectivity index (χ0) is 6.10. The van der Waals surface area contributed by atoms with Gasteiger partial charge in [-0.05, 0) is 31.1 Å². The van der Waals surface area contributed by atoms with Crippen molar-refractivity contribution in [1.82, 2.24) is 0 Å². The average molecular weight is 231 g/mol. The Morgan fingerprint density at radius 3 is 3.00 bits per heavy atom. The Balaban J connectivity index is 2.63. The molecule has 9 heavy (non-hydrogen) atoms. The summed E-state index contributed by atoms with van der Waals surface area (Å²) in [5.41, 5.74) is 2.69. The molecule has 0 bridgehead atoms. The van der Waals surface area contributed by atoms with Gasteiger partial charge in [0.25, 0.3) is 0 Å². The Labute approximate surface area is 64.2 Å². The molecule has 0 spiro atoms. The number of hydrogen-bond donors (Lipinski definition) is 1. The van der Waals surface area contributed by atoms with E-state index < -0.39 is 0 Å². The van der Waals surface area contributed by atoms with Gasteiger partial charge in [0.05, 0.1) is 5.69 Å². The standard InChI is InChI=1S/C7H6IN/c1-2-4-7-6(3-1)5-8-9-7/h1-5,9H. The van der Waals surface area contributed by atoms with Crippen molar-refractivity contribution >= 4 is 30.7 Å². The molecule has 1 aliphatic rings. The number of hydrogen-bond acceptors (Lipinski definition) is 1. The van der Waals surface area contributed by atoms with Gasteiger partial charge in [-0.25, -0.2) is 0 Å². The molecule has 1 heterocycles. The van der Waals surface area contributed by atoms with Crippen molar-refractivity contribution in [3.63, 3.8) is 0 Å². The molecular formula is C7H6IN. The summed E-state index contributed by atoms with van der Waals surface area (Å²) in [7, 11) is 0. The molecule has 1 N–H and O–H groups in total. The van der Waals surface area contributed by atoms with E-state index in [9.17, 15) is 0 Å². The van der Waals surface area contributed by atoms with Crippen LogP contribution in [0.25, 0.3) is 0 Å². The molecule has 1 aromatic rings. The number of nitrogens with one attached hydrogen (secondary N) is 1. The second-order valence-electron chi connectivity index (χ2n) is 1.90. The summed E-state index contributed by atoms with van der Waals surface area (Å²) in [6.45, 7) is 0. The van der Waals surface area contributed by atoms with Gasteiger partial charge in [0.15, 0.2) is 0 Å². The van der Waals surface area contributed by atoms with E-state index in [2.05, 4.69) is 31.8 Å². The van der Waals surface area contributed by atoms with E-state index in [1.165, 1.54) is 11.3 Å². The Hall–Kier alpha value is -0.380. The van der Waals surface area contributed by atoms with Crippen molar-refractivity contribution in [3.05, 3.63) is 29.8 Å². The van der Waals surface area contributed by atoms with Crippen LogP contribution in [0.4, 0.5) is 5.69 Å². The Kier molecular flexibility index (Phi) is 1.26. The molecule has 0 amide bonds. The fraction of sp³-hybridized carbons (Fsp3) is 0. The van der Waals surface area contributed by atoms with Crippen LogP contribution < -0.4 is 3.53 Å². The van der Waals surface area contributed by atoms with Crippen LogP contribution in [0.1, 0.15) is 5.56 Å². The molecule has 2 rings (SSSR count). The monoisotopic (exact) mass is 231 g/mol. The summed E-state index contributed by atoms with van der Waals surface area (Å²) in [6.07, 6.45) is 0. The molecule has 2 heteroatoms. The highest BCUT2D eigenvalue weighted by Gasteiger charge is 2.00. The van der Waals surface area contributed by atoms with Crippen LogP contribution in [0.5, 0.6) is 0 Å². The quantitative estimate of drug-likeness (QED) is 0.532. The normalized spacial score (nSPS) is 13.8. The summed E-state index contributed by atoms with van der Waals surface area (Å²) in [6, 6.07) is 8.41. The van der Waals surface area contributed by atoms with Crippen molar-refractivity contribution in [2.75, 3.05) is 3.53 Å². The molecule has 46 valence electrons. The van der Waals surface area contributed by atoms with Crippen LogP contribution in [0, 0.1) is 0 Å². The maximum Gasteiger partial charge on any atom is 0.0502 e. The maximum absolute atomic E-state index is 3.35. The van der Waals surface area contributed by atoms with Gasteiger partial charge in [-0.1, -0.05) is 18.2 Å². The molecule has 0 unspecified atom stereocenters. The second-order valence-corrected chi connectivity index (χ2v) is 3.68. The van der Waals surface area contributed by atoms with Gasteiger partial charge in [-0.15, -0.1) is 0 Å². The van der Waals surface area contributed by atoms with Crippen LogP contribution in [-0.4, -0.2) is 4.01 Å². The first-order valence-electron chi connectivity index (χ1n) is 2.77. The summed E-state index contributed by atoms with van der Waals surface area (Å²) in [4.78, 5) is 0. The van der Waals surface area contributed by atoms with Gasteiger partial charge < -0.3 is 3.53 Å². The topological polar surface area (TPSA) is 12.0 Å². The number of rotatable bonds is 0. The SMILES string of the molecule is C1=INc2ccccc21. The molecule has 1 nitrogen and oxygen atoms in total. The fourth-order valence-corrected chi connectivity index (χ4v) is 2.68. The van der Waals surface area contributed by atoms with Crippen LogP contribution in [0.2, 0.25) is 0 Å². The first-order chi connectivity index (χ1) is 4.47. The molecule has 0 aromatic heterocycles. The summed E-state index contributed by atoms with van der Waals surface area (Å²) in [5.74, 6) is 0. The van der Waals surface area contributed by atoms with E-state index in [0.717, 1.165) is 0 Å². The predicted molar refractivity (Wildman–Crippen MR) is 49.3 cm³/mol. The molecule has 0 radical (unpaired) electrons. The van der Waals surface area contributed by atoms with Crippen molar-refractivity contribution in [2.24, 2.45) is 0 Å². The minimum Gasteiger partial charge on any atom is -0.333 e. The zero-order valence-corrected chi connectivity index (χ0v) is 6.92. The number of benzene rings is 1. The highest BCUT2D eigenvalue weighted by Crippen LogP contribution is 2.23. The van der Waals surface area contributed by atoms with E-state index in [4.69, 9.17) is 0 Å². The summed E-state index contributed by atoms with van der Waals surface area (Å²) in [5, 5.41) is 0. The van der Waals surface area contributed by atoms with Gasteiger partial charge in [0.1, 0.15) is 0 Å². The highest BCUT2D eigenvalue weighted by molar-refractivity contribution is 14.2. The van der Waals surface area contributed by atoms with Gasteiger partial charge in [0.2, 0.25) is 0 Å². The third kappa shape index (κ3) is 0.871. The lowest BCUT2D eigenvalue weighted by Crippen LogP contribution is -1.78. The van der Waals surface area contributed by atoms with Crippen molar-refractivity contribution in [3.8, 4) is 0 Å². The van der Waals surface area contributed by atoms with Crippen LogP contribution in [0.15, 0.2) is 24.3 Å². The fourth-order valence-electron chi connectivity index (χ4n) is 0.823. The molecule has 1 aromatic carbocycles. The van der Waals surface area contributed by atoms with E-state index in [1.807, 2.05) is 0 Å². The van der Waals surface area contributed by atoms with E-state index >= 15 is 0 Å². The number of anilines is 1. The van der Waals surface area contributed by atoms with Crippen LogP contribution >= 0.6 is 21.0 Å². The molecule has 0 aliphatic carbocycles. The Morgan fingerprint density at radius 1 is 1.22 bits per heavy atom. The van der Waals surface area contributed by atoms with Crippen molar-refractivity contribution < 1.29 is 0 Å². The third-order valence-electron chi connectivity index (χ3n) is 1.29. The number of fused-ring (bicyclic) bond motifs is 1. The molecule has 0 atom stereocenters. The summed E-state index contributed by atoms with van der Waals surface area (Å²) >= 11 is 0.137. The minimum absolute atomic E-state index is 0.137. The lowest BCUT2D eigenvalue weighted by atomic mass is 10.2.